The summed E-state index contributed by atoms with van der Waals surface area (Å²) in [5.41, 5.74) is 2.04. The minimum Gasteiger partial charge on any atom is -0.321 e. The molecule has 32 heavy (non-hydrogen) atoms. The van der Waals surface area contributed by atoms with E-state index >= 15 is 0 Å². The zero-order valence-corrected chi connectivity index (χ0v) is 21.4. The predicted octanol–water partition coefficient (Wildman–Crippen LogP) is 4.89. The van der Waals surface area contributed by atoms with Crippen LogP contribution in [0.5, 0.6) is 0 Å². The number of carbonyl (C=O) groups is 1. The van der Waals surface area contributed by atoms with Gasteiger partial charge in [0.15, 0.2) is 0 Å². The van der Waals surface area contributed by atoms with Crippen molar-refractivity contribution in [2.24, 2.45) is 0 Å². The summed E-state index contributed by atoms with van der Waals surface area (Å²) in [4.78, 5) is 23.9. The smallest absolute Gasteiger partial charge is 0.266 e. The van der Waals surface area contributed by atoms with E-state index in [1.165, 1.54) is 27.8 Å². The van der Waals surface area contributed by atoms with Crippen LogP contribution in [0.25, 0.3) is 10.2 Å². The number of hydrogen-bond donors (Lipinski definition) is 1. The van der Waals surface area contributed by atoms with Crippen molar-refractivity contribution in [1.29, 1.82) is 0 Å². The van der Waals surface area contributed by atoms with E-state index in [-0.39, 0.29) is 22.3 Å². The largest absolute Gasteiger partial charge is 0.321 e. The Bertz CT molecular complexity index is 1270. The monoisotopic (exact) mass is 474 g/mol. The molecular formula is C23H30N4O3S2. The molecular weight excluding hydrogens is 444 g/mol. The highest BCUT2D eigenvalue weighted by Gasteiger charge is 2.25. The number of rotatable bonds is 5. The molecule has 2 heterocycles. The fourth-order valence-electron chi connectivity index (χ4n) is 3.23. The molecule has 0 bridgehead atoms. The first-order chi connectivity index (χ1) is 14.7. The van der Waals surface area contributed by atoms with E-state index in [1.807, 2.05) is 27.7 Å². The molecule has 0 saturated heterocycles. The molecule has 0 spiro atoms. The van der Waals surface area contributed by atoms with Crippen LogP contribution in [0.3, 0.4) is 0 Å². The lowest BCUT2D eigenvalue weighted by Gasteiger charge is -2.21. The molecule has 0 radical (unpaired) electrons. The fourth-order valence-corrected chi connectivity index (χ4v) is 5.73. The van der Waals surface area contributed by atoms with Gasteiger partial charge in [-0.2, -0.15) is 4.31 Å². The van der Waals surface area contributed by atoms with Gasteiger partial charge < -0.3 is 5.32 Å². The number of benzene rings is 1. The van der Waals surface area contributed by atoms with E-state index < -0.39 is 10.0 Å². The second kappa shape index (κ2) is 8.53. The highest BCUT2D eigenvalue weighted by Crippen LogP contribution is 2.33. The van der Waals surface area contributed by atoms with E-state index in [0.717, 1.165) is 27.3 Å². The average molecular weight is 475 g/mol. The minimum atomic E-state index is -3.57. The SMILES string of the molecule is Cc1nc(C(C)(C)C)nc2sc(C(=O)Nc3ccc(S(=O)(=O)N(C)C(C)C)cc3)c(C)c12. The molecule has 1 N–H and O–H groups in total. The molecule has 0 aliphatic rings. The lowest BCUT2D eigenvalue weighted by atomic mass is 9.95. The minimum absolute atomic E-state index is 0.152. The second-order valence-electron chi connectivity index (χ2n) is 9.21. The zero-order valence-electron chi connectivity index (χ0n) is 19.8. The van der Waals surface area contributed by atoms with Crippen LogP contribution in [0.4, 0.5) is 5.69 Å². The third kappa shape index (κ3) is 4.55. The lowest BCUT2D eigenvalue weighted by Crippen LogP contribution is -2.33. The Morgan fingerprint density at radius 1 is 1.09 bits per heavy atom. The van der Waals surface area contributed by atoms with E-state index in [4.69, 9.17) is 4.98 Å². The summed E-state index contributed by atoms with van der Waals surface area (Å²) in [6, 6.07) is 6.06. The van der Waals surface area contributed by atoms with Gasteiger partial charge in [0.05, 0.1) is 15.5 Å². The van der Waals surface area contributed by atoms with Gasteiger partial charge in [-0.05, 0) is 57.5 Å². The number of amides is 1. The van der Waals surface area contributed by atoms with Crippen molar-refractivity contribution in [3.63, 3.8) is 0 Å². The van der Waals surface area contributed by atoms with Crippen molar-refractivity contribution in [2.45, 2.75) is 64.8 Å². The molecule has 9 heteroatoms. The molecule has 2 aromatic heterocycles. The molecule has 0 saturated carbocycles. The molecule has 172 valence electrons. The molecule has 0 aliphatic carbocycles. The first-order valence-corrected chi connectivity index (χ1v) is 12.7. The van der Waals surface area contributed by atoms with Gasteiger partial charge in [0.25, 0.3) is 5.91 Å². The number of aryl methyl sites for hydroxylation is 2. The Morgan fingerprint density at radius 3 is 2.22 bits per heavy atom. The van der Waals surface area contributed by atoms with E-state index in [0.29, 0.717) is 10.6 Å². The topological polar surface area (TPSA) is 92.3 Å². The van der Waals surface area contributed by atoms with Crippen LogP contribution in [0.2, 0.25) is 0 Å². The van der Waals surface area contributed by atoms with Crippen LogP contribution < -0.4 is 5.32 Å². The van der Waals surface area contributed by atoms with Crippen molar-refractivity contribution in [3.05, 3.63) is 46.2 Å². The van der Waals surface area contributed by atoms with Gasteiger partial charge in [0.2, 0.25) is 10.0 Å². The number of nitrogens with one attached hydrogen (secondary N) is 1. The second-order valence-corrected chi connectivity index (χ2v) is 12.2. The normalized spacial score (nSPS) is 12.7. The first-order valence-electron chi connectivity index (χ1n) is 10.4. The summed E-state index contributed by atoms with van der Waals surface area (Å²) in [7, 11) is -2.02. The number of hydrogen-bond acceptors (Lipinski definition) is 6. The third-order valence-corrected chi connectivity index (χ3v) is 8.60. The van der Waals surface area contributed by atoms with Crippen LogP contribution in [-0.2, 0) is 15.4 Å². The molecule has 7 nitrogen and oxygen atoms in total. The number of anilines is 1. The highest BCUT2D eigenvalue weighted by atomic mass is 32.2. The van der Waals surface area contributed by atoms with Gasteiger partial charge in [-0.25, -0.2) is 18.4 Å². The first kappa shape index (κ1) is 24.3. The zero-order chi connectivity index (χ0) is 24.0. The number of sulfonamides is 1. The average Bonchev–Trinajstić information content (AvgIpc) is 3.04. The maximum absolute atomic E-state index is 13.0. The molecule has 0 atom stereocenters. The highest BCUT2D eigenvalue weighted by molar-refractivity contribution is 7.89. The predicted molar refractivity (Wildman–Crippen MR) is 130 cm³/mol. The Labute approximate surface area is 193 Å². The van der Waals surface area contributed by atoms with Gasteiger partial charge >= 0.3 is 0 Å². The Balaban J connectivity index is 1.89. The standard InChI is InChI=1S/C23H30N4O3S2/c1-13(2)27(8)32(29,30)17-11-9-16(10-12-17)25-20(28)19-14(3)18-15(4)24-22(23(5,6)7)26-21(18)31-19/h9-13H,1-8H3,(H,25,28). The molecule has 0 unspecified atom stereocenters. The summed E-state index contributed by atoms with van der Waals surface area (Å²) in [6.45, 7) is 13.7. The van der Waals surface area contributed by atoms with Crippen LogP contribution in [0, 0.1) is 13.8 Å². The molecule has 3 aromatic rings. The summed E-state index contributed by atoms with van der Waals surface area (Å²) in [5.74, 6) is 0.496. The third-order valence-electron chi connectivity index (χ3n) is 5.36. The summed E-state index contributed by atoms with van der Waals surface area (Å²) in [5, 5.41) is 3.78. The summed E-state index contributed by atoms with van der Waals surface area (Å²) < 4.78 is 26.6. The number of nitrogens with zero attached hydrogens (tertiary/aromatic N) is 3. The number of aromatic nitrogens is 2. The van der Waals surface area contributed by atoms with Gasteiger partial charge in [-0.15, -0.1) is 11.3 Å². The van der Waals surface area contributed by atoms with E-state index in [1.54, 1.807) is 19.2 Å². The van der Waals surface area contributed by atoms with Gasteiger partial charge in [0.1, 0.15) is 10.7 Å². The van der Waals surface area contributed by atoms with Crippen molar-refractivity contribution >= 4 is 43.2 Å². The number of carbonyl (C=O) groups excluding carboxylic acids is 1. The van der Waals surface area contributed by atoms with Crippen molar-refractivity contribution in [1.82, 2.24) is 14.3 Å². The summed E-state index contributed by atoms with van der Waals surface area (Å²) in [6.07, 6.45) is 0. The maximum atomic E-state index is 13.0. The molecule has 0 aliphatic heterocycles. The van der Waals surface area contributed by atoms with E-state index in [2.05, 4.69) is 31.1 Å². The Kier molecular flexibility index (Phi) is 6.48. The van der Waals surface area contributed by atoms with Gasteiger partial charge in [-0.1, -0.05) is 20.8 Å². The van der Waals surface area contributed by atoms with Crippen molar-refractivity contribution < 1.29 is 13.2 Å². The van der Waals surface area contributed by atoms with Crippen LogP contribution >= 0.6 is 11.3 Å². The maximum Gasteiger partial charge on any atom is 0.266 e. The van der Waals surface area contributed by atoms with Gasteiger partial charge in [0, 0.05) is 29.6 Å². The number of fused-ring (bicyclic) bond motifs is 1. The summed E-state index contributed by atoms with van der Waals surface area (Å²) >= 11 is 1.34. The fraction of sp³-hybridized carbons (Fsp3) is 0.435. The Hall–Kier alpha value is -2.36. The molecule has 1 aromatic carbocycles. The molecule has 3 rings (SSSR count). The van der Waals surface area contributed by atoms with Crippen LogP contribution in [-0.4, -0.2) is 41.7 Å². The molecule has 0 fully saturated rings. The quantitative estimate of drug-likeness (QED) is 0.569. The lowest BCUT2D eigenvalue weighted by molar-refractivity contribution is 0.103. The van der Waals surface area contributed by atoms with Crippen molar-refractivity contribution in [2.75, 3.05) is 12.4 Å². The molecule has 1 amide bonds. The number of thiophene rings is 1. The van der Waals surface area contributed by atoms with Crippen LogP contribution in [0.15, 0.2) is 29.2 Å². The van der Waals surface area contributed by atoms with Gasteiger partial charge in [-0.3, -0.25) is 4.79 Å². The van der Waals surface area contributed by atoms with Crippen molar-refractivity contribution in [3.8, 4) is 0 Å². The van der Waals surface area contributed by atoms with E-state index in [9.17, 15) is 13.2 Å². The van der Waals surface area contributed by atoms with Crippen LogP contribution in [0.1, 0.15) is 61.4 Å². The Morgan fingerprint density at radius 2 is 1.69 bits per heavy atom.